The van der Waals surface area contributed by atoms with Crippen LogP contribution < -0.4 is 5.73 Å². The molecule has 1 aromatic heterocycles. The molecule has 1 aromatic rings. The summed E-state index contributed by atoms with van der Waals surface area (Å²) in [5.41, 5.74) is 8.00. The predicted molar refractivity (Wildman–Crippen MR) is 65.3 cm³/mol. The van der Waals surface area contributed by atoms with Crippen LogP contribution in [0.3, 0.4) is 0 Å². The average Bonchev–Trinajstić information content (AvgIpc) is 2.67. The molecule has 2 N–H and O–H groups in total. The fourth-order valence-corrected chi connectivity index (χ4v) is 2.46. The molecule has 0 aromatic carbocycles. The van der Waals surface area contributed by atoms with Crippen molar-refractivity contribution in [3.63, 3.8) is 0 Å². The van der Waals surface area contributed by atoms with Gasteiger partial charge in [0.15, 0.2) is 0 Å². The van der Waals surface area contributed by atoms with Crippen LogP contribution in [0.25, 0.3) is 0 Å². The Morgan fingerprint density at radius 3 is 2.69 bits per heavy atom. The van der Waals surface area contributed by atoms with Crippen LogP contribution in [-0.4, -0.2) is 16.0 Å². The maximum Gasteiger partial charge on any atom is 0.131 e. The molecule has 0 radical (unpaired) electrons. The highest BCUT2D eigenvalue weighted by molar-refractivity contribution is 5.13. The SMILES string of the molecule is Cc1cc(CC(C)N)nc(C2CCCC2)n1. The summed E-state index contributed by atoms with van der Waals surface area (Å²) in [4.78, 5) is 9.24. The minimum absolute atomic E-state index is 0.172. The van der Waals surface area contributed by atoms with Gasteiger partial charge in [-0.05, 0) is 32.8 Å². The van der Waals surface area contributed by atoms with E-state index in [4.69, 9.17) is 5.73 Å². The molecule has 1 heterocycles. The lowest BCUT2D eigenvalue weighted by atomic mass is 10.1. The highest BCUT2D eigenvalue weighted by Crippen LogP contribution is 2.32. The van der Waals surface area contributed by atoms with E-state index in [0.717, 1.165) is 23.6 Å². The Balaban J connectivity index is 2.20. The second-order valence-electron chi connectivity index (χ2n) is 5.02. The normalized spacial score (nSPS) is 18.9. The van der Waals surface area contributed by atoms with Gasteiger partial charge >= 0.3 is 0 Å². The predicted octanol–water partition coefficient (Wildman–Crippen LogP) is 2.33. The van der Waals surface area contributed by atoms with Crippen molar-refractivity contribution >= 4 is 0 Å². The third-order valence-electron chi connectivity index (χ3n) is 3.18. The minimum Gasteiger partial charge on any atom is -0.328 e. The lowest BCUT2D eigenvalue weighted by molar-refractivity contribution is 0.643. The monoisotopic (exact) mass is 219 g/mol. The maximum atomic E-state index is 5.82. The van der Waals surface area contributed by atoms with Crippen LogP contribution in [0.1, 0.15) is 55.7 Å². The van der Waals surface area contributed by atoms with E-state index in [1.165, 1.54) is 25.7 Å². The number of hydrogen-bond acceptors (Lipinski definition) is 3. The van der Waals surface area contributed by atoms with E-state index in [-0.39, 0.29) is 6.04 Å². The van der Waals surface area contributed by atoms with Crippen molar-refractivity contribution < 1.29 is 0 Å². The van der Waals surface area contributed by atoms with Gasteiger partial charge in [-0.25, -0.2) is 9.97 Å². The average molecular weight is 219 g/mol. The van der Waals surface area contributed by atoms with Gasteiger partial charge in [0.05, 0.1) is 0 Å². The van der Waals surface area contributed by atoms with Crippen molar-refractivity contribution in [3.8, 4) is 0 Å². The van der Waals surface area contributed by atoms with E-state index in [1.807, 2.05) is 13.8 Å². The quantitative estimate of drug-likeness (QED) is 0.849. The van der Waals surface area contributed by atoms with Crippen molar-refractivity contribution in [2.45, 2.75) is 57.9 Å². The first-order valence-corrected chi connectivity index (χ1v) is 6.25. The highest BCUT2D eigenvalue weighted by atomic mass is 14.9. The van der Waals surface area contributed by atoms with Gasteiger partial charge in [-0.15, -0.1) is 0 Å². The Morgan fingerprint density at radius 1 is 1.38 bits per heavy atom. The Kier molecular flexibility index (Phi) is 3.54. The van der Waals surface area contributed by atoms with Crippen molar-refractivity contribution in [2.75, 3.05) is 0 Å². The lowest BCUT2D eigenvalue weighted by Gasteiger charge is -2.11. The minimum atomic E-state index is 0.172. The third kappa shape index (κ3) is 2.79. The maximum absolute atomic E-state index is 5.82. The zero-order chi connectivity index (χ0) is 11.5. The van der Waals surface area contributed by atoms with Gasteiger partial charge < -0.3 is 5.73 Å². The van der Waals surface area contributed by atoms with Crippen LogP contribution in [0.2, 0.25) is 0 Å². The molecule has 1 unspecified atom stereocenters. The Bertz CT molecular complexity index is 354. The van der Waals surface area contributed by atoms with Crippen molar-refractivity contribution in [1.82, 2.24) is 9.97 Å². The first-order valence-electron chi connectivity index (χ1n) is 6.25. The molecule has 1 aliphatic carbocycles. The molecular formula is C13H21N3. The third-order valence-corrected chi connectivity index (χ3v) is 3.18. The second kappa shape index (κ2) is 4.91. The van der Waals surface area contributed by atoms with Gasteiger partial charge in [0.25, 0.3) is 0 Å². The lowest BCUT2D eigenvalue weighted by Crippen LogP contribution is -2.19. The molecule has 1 fully saturated rings. The largest absolute Gasteiger partial charge is 0.328 e. The van der Waals surface area contributed by atoms with Crippen LogP contribution in [0.4, 0.5) is 0 Å². The zero-order valence-electron chi connectivity index (χ0n) is 10.2. The van der Waals surface area contributed by atoms with Crippen LogP contribution in [0.5, 0.6) is 0 Å². The first kappa shape index (κ1) is 11.5. The van der Waals surface area contributed by atoms with E-state index >= 15 is 0 Å². The number of aromatic nitrogens is 2. The summed E-state index contributed by atoms with van der Waals surface area (Å²) in [5.74, 6) is 1.64. The molecule has 3 nitrogen and oxygen atoms in total. The molecule has 0 spiro atoms. The molecular weight excluding hydrogens is 198 g/mol. The van der Waals surface area contributed by atoms with Crippen molar-refractivity contribution in [1.29, 1.82) is 0 Å². The summed E-state index contributed by atoms with van der Waals surface area (Å²) in [6.45, 7) is 4.07. The number of hydrogen-bond donors (Lipinski definition) is 1. The fourth-order valence-electron chi connectivity index (χ4n) is 2.46. The van der Waals surface area contributed by atoms with E-state index < -0.39 is 0 Å². The summed E-state index contributed by atoms with van der Waals surface area (Å²) in [7, 11) is 0. The summed E-state index contributed by atoms with van der Waals surface area (Å²) in [6, 6.07) is 2.23. The Hall–Kier alpha value is -0.960. The van der Waals surface area contributed by atoms with Crippen LogP contribution in [0, 0.1) is 6.92 Å². The molecule has 0 saturated heterocycles. The van der Waals surface area contributed by atoms with Crippen LogP contribution in [0.15, 0.2) is 6.07 Å². The first-order chi connectivity index (χ1) is 7.65. The summed E-state index contributed by atoms with van der Waals surface area (Å²) in [6.07, 6.45) is 6.00. The summed E-state index contributed by atoms with van der Waals surface area (Å²) >= 11 is 0. The molecule has 16 heavy (non-hydrogen) atoms. The molecule has 1 atom stereocenters. The van der Waals surface area contributed by atoms with Crippen LogP contribution in [-0.2, 0) is 6.42 Å². The molecule has 2 rings (SSSR count). The highest BCUT2D eigenvalue weighted by Gasteiger charge is 2.20. The van der Waals surface area contributed by atoms with E-state index in [2.05, 4.69) is 16.0 Å². The standard InChI is InChI=1S/C13H21N3/c1-9(14)7-12-8-10(2)15-13(16-12)11-5-3-4-6-11/h8-9,11H,3-7,14H2,1-2H3. The summed E-state index contributed by atoms with van der Waals surface area (Å²) in [5, 5.41) is 0. The van der Waals surface area contributed by atoms with Crippen molar-refractivity contribution in [2.24, 2.45) is 5.73 Å². The van der Waals surface area contributed by atoms with E-state index in [0.29, 0.717) is 5.92 Å². The molecule has 88 valence electrons. The Morgan fingerprint density at radius 2 is 2.06 bits per heavy atom. The van der Waals surface area contributed by atoms with Gasteiger partial charge in [0, 0.05) is 29.8 Å². The second-order valence-corrected chi connectivity index (χ2v) is 5.02. The molecule has 3 heteroatoms. The van der Waals surface area contributed by atoms with Gasteiger partial charge in [-0.3, -0.25) is 0 Å². The number of rotatable bonds is 3. The van der Waals surface area contributed by atoms with Gasteiger partial charge in [-0.2, -0.15) is 0 Å². The van der Waals surface area contributed by atoms with Gasteiger partial charge in [0.2, 0.25) is 0 Å². The molecule has 1 aliphatic rings. The van der Waals surface area contributed by atoms with E-state index in [1.54, 1.807) is 0 Å². The van der Waals surface area contributed by atoms with Gasteiger partial charge in [0.1, 0.15) is 5.82 Å². The fraction of sp³-hybridized carbons (Fsp3) is 0.692. The molecule has 0 aliphatic heterocycles. The number of nitrogens with zero attached hydrogens (tertiary/aromatic N) is 2. The topological polar surface area (TPSA) is 51.8 Å². The van der Waals surface area contributed by atoms with Crippen molar-refractivity contribution in [3.05, 3.63) is 23.3 Å². The zero-order valence-corrected chi connectivity index (χ0v) is 10.2. The Labute approximate surface area is 97.5 Å². The van der Waals surface area contributed by atoms with E-state index in [9.17, 15) is 0 Å². The number of aryl methyl sites for hydroxylation is 1. The number of nitrogens with two attached hydrogens (primary N) is 1. The molecule has 0 bridgehead atoms. The molecule has 1 saturated carbocycles. The van der Waals surface area contributed by atoms with Crippen LogP contribution >= 0.6 is 0 Å². The smallest absolute Gasteiger partial charge is 0.131 e. The molecule has 0 amide bonds. The van der Waals surface area contributed by atoms with Gasteiger partial charge in [-0.1, -0.05) is 12.8 Å². The summed E-state index contributed by atoms with van der Waals surface area (Å²) < 4.78 is 0.